The van der Waals surface area contributed by atoms with Gasteiger partial charge in [0.05, 0.1) is 0 Å². The van der Waals surface area contributed by atoms with Crippen LogP contribution in [0.1, 0.15) is 19.8 Å². The van der Waals surface area contributed by atoms with Gasteiger partial charge in [0.2, 0.25) is 5.91 Å². The molecule has 13 heavy (non-hydrogen) atoms. The second kappa shape index (κ2) is 8.88. The molecule has 0 bridgehead atoms. The molecule has 0 rings (SSSR count). The van der Waals surface area contributed by atoms with E-state index in [1.54, 1.807) is 11.8 Å². The lowest BCUT2D eigenvalue weighted by Gasteiger charge is -2.20. The lowest BCUT2D eigenvalue weighted by molar-refractivity contribution is -0.130. The van der Waals surface area contributed by atoms with Crippen LogP contribution in [0.25, 0.3) is 0 Å². The Bertz CT molecular complexity index is 138. The predicted octanol–water partition coefficient (Wildman–Crippen LogP) is 2.37. The number of nitrogens with zero attached hydrogens (tertiary/aromatic N) is 1. The third-order valence-electron chi connectivity index (χ3n) is 1.72. The highest BCUT2D eigenvalue weighted by Crippen LogP contribution is 2.02. The van der Waals surface area contributed by atoms with E-state index in [0.717, 1.165) is 30.6 Å². The highest BCUT2D eigenvalue weighted by molar-refractivity contribution is 9.09. The van der Waals surface area contributed by atoms with Gasteiger partial charge < -0.3 is 4.90 Å². The molecule has 0 saturated heterocycles. The van der Waals surface area contributed by atoms with Crippen molar-refractivity contribution in [2.24, 2.45) is 0 Å². The Balaban J connectivity index is 3.80. The van der Waals surface area contributed by atoms with E-state index in [-0.39, 0.29) is 5.91 Å². The zero-order valence-electron chi connectivity index (χ0n) is 8.38. The van der Waals surface area contributed by atoms with Gasteiger partial charge in [-0.15, -0.1) is 0 Å². The Hall–Kier alpha value is 0.300. The first kappa shape index (κ1) is 13.3. The van der Waals surface area contributed by atoms with Crippen molar-refractivity contribution in [1.82, 2.24) is 4.90 Å². The van der Waals surface area contributed by atoms with Crippen molar-refractivity contribution >= 4 is 33.6 Å². The van der Waals surface area contributed by atoms with E-state index in [0.29, 0.717) is 6.42 Å². The summed E-state index contributed by atoms with van der Waals surface area (Å²) in [6.45, 7) is 3.82. The minimum atomic E-state index is 0.288. The lowest BCUT2D eigenvalue weighted by atomic mass is 10.3. The van der Waals surface area contributed by atoms with Crippen LogP contribution in [0.4, 0.5) is 0 Å². The number of thioether (sulfide) groups is 1. The number of carbonyl (C=O) groups excluding carboxylic acids is 1. The van der Waals surface area contributed by atoms with Gasteiger partial charge in [-0.1, -0.05) is 22.9 Å². The molecule has 0 aromatic carbocycles. The number of carbonyl (C=O) groups is 1. The molecule has 2 nitrogen and oxygen atoms in total. The van der Waals surface area contributed by atoms with Crippen molar-refractivity contribution in [1.29, 1.82) is 0 Å². The molecule has 1 amide bonds. The summed E-state index contributed by atoms with van der Waals surface area (Å²) in [5, 5.41) is 0.873. The fraction of sp³-hybridized carbons (Fsp3) is 0.889. The zero-order valence-corrected chi connectivity index (χ0v) is 10.8. The van der Waals surface area contributed by atoms with Crippen LogP contribution < -0.4 is 0 Å². The summed E-state index contributed by atoms with van der Waals surface area (Å²) in [5.41, 5.74) is 0. The number of halogens is 1. The first-order valence-electron chi connectivity index (χ1n) is 4.59. The molecule has 4 heteroatoms. The van der Waals surface area contributed by atoms with Crippen LogP contribution in [-0.4, -0.2) is 41.2 Å². The van der Waals surface area contributed by atoms with E-state index in [1.165, 1.54) is 0 Å². The van der Waals surface area contributed by atoms with E-state index >= 15 is 0 Å². The molecule has 0 saturated carbocycles. The van der Waals surface area contributed by atoms with Crippen LogP contribution in [0.2, 0.25) is 0 Å². The predicted molar refractivity (Wildman–Crippen MR) is 63.7 cm³/mol. The first-order chi connectivity index (χ1) is 6.26. The highest BCUT2D eigenvalue weighted by Gasteiger charge is 2.10. The molecule has 0 fully saturated rings. The van der Waals surface area contributed by atoms with Gasteiger partial charge in [-0.3, -0.25) is 4.79 Å². The molecular weight excluding hydrogens is 250 g/mol. The van der Waals surface area contributed by atoms with E-state index in [2.05, 4.69) is 22.9 Å². The molecule has 0 unspecified atom stereocenters. The second-order valence-corrected chi connectivity index (χ2v) is 4.59. The maximum atomic E-state index is 11.6. The average Bonchev–Trinajstić information content (AvgIpc) is 2.14. The van der Waals surface area contributed by atoms with Crippen LogP contribution in [-0.2, 0) is 4.79 Å². The maximum absolute atomic E-state index is 11.6. The molecule has 0 aliphatic rings. The molecule has 0 atom stereocenters. The van der Waals surface area contributed by atoms with Crippen molar-refractivity contribution in [2.45, 2.75) is 19.8 Å². The molecule has 0 spiro atoms. The Morgan fingerprint density at radius 2 is 2.15 bits per heavy atom. The van der Waals surface area contributed by atoms with Gasteiger partial charge in [0.1, 0.15) is 0 Å². The van der Waals surface area contributed by atoms with Gasteiger partial charge in [-0.25, -0.2) is 0 Å². The van der Waals surface area contributed by atoms with Crippen molar-refractivity contribution < 1.29 is 4.79 Å². The minimum Gasteiger partial charge on any atom is -0.342 e. The van der Waals surface area contributed by atoms with Gasteiger partial charge in [-0.05, 0) is 12.7 Å². The number of amides is 1. The van der Waals surface area contributed by atoms with Crippen molar-refractivity contribution in [2.75, 3.05) is 30.4 Å². The Labute approximate surface area is 93.6 Å². The molecule has 0 radical (unpaired) electrons. The monoisotopic (exact) mass is 267 g/mol. The summed E-state index contributed by atoms with van der Waals surface area (Å²) < 4.78 is 0. The summed E-state index contributed by atoms with van der Waals surface area (Å²) in [6.07, 6.45) is 3.74. The SMILES string of the molecule is CCCN(CCBr)C(=O)CCSC. The summed E-state index contributed by atoms with van der Waals surface area (Å²) in [6, 6.07) is 0. The first-order valence-corrected chi connectivity index (χ1v) is 7.10. The quantitative estimate of drug-likeness (QED) is 0.661. The Morgan fingerprint density at radius 1 is 1.46 bits per heavy atom. The topological polar surface area (TPSA) is 20.3 Å². The largest absolute Gasteiger partial charge is 0.342 e. The molecular formula is C9H18BrNOS. The molecule has 0 N–H and O–H groups in total. The molecule has 0 aromatic rings. The third kappa shape index (κ3) is 6.38. The highest BCUT2D eigenvalue weighted by atomic mass is 79.9. The third-order valence-corrected chi connectivity index (χ3v) is 2.69. The fourth-order valence-corrected chi connectivity index (χ4v) is 1.89. The van der Waals surface area contributed by atoms with Gasteiger partial charge in [0.15, 0.2) is 0 Å². The Morgan fingerprint density at radius 3 is 2.62 bits per heavy atom. The van der Waals surface area contributed by atoms with E-state index < -0.39 is 0 Å². The van der Waals surface area contributed by atoms with Gasteiger partial charge in [0.25, 0.3) is 0 Å². The number of alkyl halides is 1. The van der Waals surface area contributed by atoms with Gasteiger partial charge >= 0.3 is 0 Å². The minimum absolute atomic E-state index is 0.288. The van der Waals surface area contributed by atoms with Crippen LogP contribution >= 0.6 is 27.7 Å². The van der Waals surface area contributed by atoms with Crippen LogP contribution in [0.3, 0.4) is 0 Å². The van der Waals surface area contributed by atoms with Crippen molar-refractivity contribution in [3.05, 3.63) is 0 Å². The summed E-state index contributed by atoms with van der Waals surface area (Å²) in [4.78, 5) is 13.5. The lowest BCUT2D eigenvalue weighted by Crippen LogP contribution is -2.33. The number of hydrogen-bond acceptors (Lipinski definition) is 2. The zero-order chi connectivity index (χ0) is 10.1. The summed E-state index contributed by atoms with van der Waals surface area (Å²) >= 11 is 5.08. The van der Waals surface area contributed by atoms with Crippen LogP contribution in [0.5, 0.6) is 0 Å². The van der Waals surface area contributed by atoms with Crippen molar-refractivity contribution in [3.8, 4) is 0 Å². The van der Waals surface area contributed by atoms with E-state index in [1.807, 2.05) is 11.2 Å². The normalized spacial score (nSPS) is 10.1. The molecule has 0 aliphatic carbocycles. The number of hydrogen-bond donors (Lipinski definition) is 0. The van der Waals surface area contributed by atoms with Gasteiger partial charge in [0, 0.05) is 30.6 Å². The summed E-state index contributed by atoms with van der Waals surface area (Å²) in [7, 11) is 0. The van der Waals surface area contributed by atoms with E-state index in [9.17, 15) is 4.79 Å². The molecule has 0 heterocycles. The second-order valence-electron chi connectivity index (χ2n) is 2.81. The number of rotatable bonds is 7. The standard InChI is InChI=1S/C9H18BrNOS/c1-3-6-11(7-5-10)9(12)4-8-13-2/h3-8H2,1-2H3. The molecule has 0 aromatic heterocycles. The average molecular weight is 268 g/mol. The fourth-order valence-electron chi connectivity index (χ4n) is 1.08. The summed E-state index contributed by atoms with van der Waals surface area (Å²) in [5.74, 6) is 1.22. The smallest absolute Gasteiger partial charge is 0.223 e. The van der Waals surface area contributed by atoms with E-state index in [4.69, 9.17) is 0 Å². The maximum Gasteiger partial charge on any atom is 0.223 e. The Kier molecular flexibility index (Phi) is 9.08. The van der Waals surface area contributed by atoms with Crippen molar-refractivity contribution in [3.63, 3.8) is 0 Å². The van der Waals surface area contributed by atoms with Crippen LogP contribution in [0.15, 0.2) is 0 Å². The molecule has 0 aliphatic heterocycles. The van der Waals surface area contributed by atoms with Crippen LogP contribution in [0, 0.1) is 0 Å². The van der Waals surface area contributed by atoms with Gasteiger partial charge in [-0.2, -0.15) is 11.8 Å². The molecule has 78 valence electrons.